The fourth-order valence-corrected chi connectivity index (χ4v) is 3.17. The van der Waals surface area contributed by atoms with Gasteiger partial charge in [0.25, 0.3) is 0 Å². The number of hydrogen-bond donors (Lipinski definition) is 0. The molecule has 1 fully saturated rings. The summed E-state index contributed by atoms with van der Waals surface area (Å²) < 4.78 is 6.31. The molecule has 0 spiro atoms. The summed E-state index contributed by atoms with van der Waals surface area (Å²) in [5, 5.41) is 0. The van der Waals surface area contributed by atoms with Gasteiger partial charge in [-0.2, -0.15) is 0 Å². The van der Waals surface area contributed by atoms with Gasteiger partial charge in [0, 0.05) is 45.8 Å². The van der Waals surface area contributed by atoms with Gasteiger partial charge >= 0.3 is 0 Å². The summed E-state index contributed by atoms with van der Waals surface area (Å²) in [6.45, 7) is 7.98. The van der Waals surface area contributed by atoms with Crippen molar-refractivity contribution in [2.45, 2.75) is 6.54 Å². The number of rotatable bonds is 6. The average molecular weight is 356 g/mol. The Bertz CT molecular complexity index is 445. The van der Waals surface area contributed by atoms with Crippen LogP contribution >= 0.6 is 15.9 Å². The SMILES string of the molecule is COc1ccc(CN2CCN(CCN(C)C)CC2)cc1Br. The van der Waals surface area contributed by atoms with Crippen LogP contribution in [0.1, 0.15) is 5.56 Å². The predicted octanol–water partition coefficient (Wildman–Crippen LogP) is 2.14. The van der Waals surface area contributed by atoms with Gasteiger partial charge in [-0.05, 0) is 47.7 Å². The number of hydrogen-bond acceptors (Lipinski definition) is 4. The van der Waals surface area contributed by atoms with Crippen LogP contribution in [-0.4, -0.2) is 75.2 Å². The first-order chi connectivity index (χ1) is 10.1. The Balaban J connectivity index is 1.79. The van der Waals surface area contributed by atoms with Gasteiger partial charge in [0.05, 0.1) is 11.6 Å². The lowest BCUT2D eigenvalue weighted by Crippen LogP contribution is -2.47. The largest absolute Gasteiger partial charge is 0.496 e. The molecular formula is C16H26BrN3O. The lowest BCUT2D eigenvalue weighted by molar-refractivity contribution is 0.120. The van der Waals surface area contributed by atoms with Crippen molar-refractivity contribution in [1.29, 1.82) is 0 Å². The third-order valence-corrected chi connectivity index (χ3v) is 4.57. The van der Waals surface area contributed by atoms with Crippen LogP contribution in [0.3, 0.4) is 0 Å². The minimum atomic E-state index is 0.896. The first kappa shape index (κ1) is 16.7. The van der Waals surface area contributed by atoms with E-state index in [4.69, 9.17) is 4.74 Å². The van der Waals surface area contributed by atoms with Crippen molar-refractivity contribution in [3.63, 3.8) is 0 Å². The third kappa shape index (κ3) is 5.25. The Morgan fingerprint density at radius 2 is 1.81 bits per heavy atom. The second-order valence-electron chi connectivity index (χ2n) is 5.89. The Hall–Kier alpha value is -0.620. The summed E-state index contributed by atoms with van der Waals surface area (Å²) >= 11 is 3.56. The van der Waals surface area contributed by atoms with E-state index >= 15 is 0 Å². The minimum absolute atomic E-state index is 0.896. The van der Waals surface area contributed by atoms with Crippen molar-refractivity contribution < 1.29 is 4.74 Å². The standard InChI is InChI=1S/C16H26BrN3O/c1-18(2)6-7-19-8-10-20(11-9-19)13-14-4-5-16(21-3)15(17)12-14/h4-5,12H,6-11,13H2,1-3H3. The summed E-state index contributed by atoms with van der Waals surface area (Å²) in [7, 11) is 5.97. The molecule has 4 nitrogen and oxygen atoms in total. The molecule has 1 aromatic rings. The molecule has 0 amide bonds. The second kappa shape index (κ2) is 8.13. The third-order valence-electron chi connectivity index (χ3n) is 3.95. The van der Waals surface area contributed by atoms with Crippen LogP contribution < -0.4 is 4.74 Å². The molecule has 0 aliphatic carbocycles. The maximum Gasteiger partial charge on any atom is 0.133 e. The van der Waals surface area contributed by atoms with Crippen LogP contribution in [0.2, 0.25) is 0 Å². The number of likely N-dealkylation sites (N-methyl/N-ethyl adjacent to an activating group) is 1. The fraction of sp³-hybridized carbons (Fsp3) is 0.625. The highest BCUT2D eigenvalue weighted by atomic mass is 79.9. The Kier molecular flexibility index (Phi) is 6.48. The molecule has 1 aliphatic rings. The first-order valence-electron chi connectivity index (χ1n) is 7.50. The van der Waals surface area contributed by atoms with Gasteiger partial charge in [-0.25, -0.2) is 0 Å². The smallest absolute Gasteiger partial charge is 0.133 e. The first-order valence-corrected chi connectivity index (χ1v) is 8.29. The molecule has 5 heteroatoms. The summed E-state index contributed by atoms with van der Waals surface area (Å²) in [4.78, 5) is 7.34. The maximum absolute atomic E-state index is 5.28. The minimum Gasteiger partial charge on any atom is -0.496 e. The molecule has 0 unspecified atom stereocenters. The molecule has 118 valence electrons. The summed E-state index contributed by atoms with van der Waals surface area (Å²) in [5.41, 5.74) is 1.34. The predicted molar refractivity (Wildman–Crippen MR) is 91.0 cm³/mol. The lowest BCUT2D eigenvalue weighted by atomic mass is 10.2. The molecule has 1 aliphatic heterocycles. The second-order valence-corrected chi connectivity index (χ2v) is 6.74. The van der Waals surface area contributed by atoms with E-state index in [0.29, 0.717) is 0 Å². The van der Waals surface area contributed by atoms with Gasteiger partial charge in [-0.3, -0.25) is 9.80 Å². The monoisotopic (exact) mass is 355 g/mol. The van der Waals surface area contributed by atoms with Gasteiger partial charge in [0.15, 0.2) is 0 Å². The van der Waals surface area contributed by atoms with E-state index < -0.39 is 0 Å². The van der Waals surface area contributed by atoms with Gasteiger partial charge in [-0.1, -0.05) is 6.07 Å². The molecule has 0 radical (unpaired) electrons. The normalized spacial score (nSPS) is 17.4. The molecule has 21 heavy (non-hydrogen) atoms. The number of halogens is 1. The van der Waals surface area contributed by atoms with Gasteiger partial charge in [-0.15, -0.1) is 0 Å². The molecule has 2 rings (SSSR count). The van der Waals surface area contributed by atoms with E-state index in [-0.39, 0.29) is 0 Å². The van der Waals surface area contributed by atoms with E-state index in [9.17, 15) is 0 Å². The molecular weight excluding hydrogens is 330 g/mol. The molecule has 0 atom stereocenters. The highest BCUT2D eigenvalue weighted by Gasteiger charge is 2.17. The van der Waals surface area contributed by atoms with E-state index in [2.05, 4.69) is 56.9 Å². The van der Waals surface area contributed by atoms with E-state index in [1.807, 2.05) is 6.07 Å². The molecule has 1 saturated heterocycles. The highest BCUT2D eigenvalue weighted by molar-refractivity contribution is 9.10. The number of piperazine rings is 1. The van der Waals surface area contributed by atoms with Crippen molar-refractivity contribution in [2.24, 2.45) is 0 Å². The van der Waals surface area contributed by atoms with Crippen LogP contribution in [0.15, 0.2) is 22.7 Å². The van der Waals surface area contributed by atoms with Crippen molar-refractivity contribution in [3.05, 3.63) is 28.2 Å². The lowest BCUT2D eigenvalue weighted by Gasteiger charge is -2.35. The zero-order chi connectivity index (χ0) is 15.2. The summed E-state index contributed by atoms with van der Waals surface area (Å²) in [6, 6.07) is 6.35. The zero-order valence-corrected chi connectivity index (χ0v) is 14.9. The van der Waals surface area contributed by atoms with Crippen molar-refractivity contribution in [2.75, 3.05) is 60.5 Å². The quantitative estimate of drug-likeness (QED) is 0.777. The van der Waals surface area contributed by atoms with E-state index in [0.717, 1.165) is 36.4 Å². The molecule has 0 saturated carbocycles. The summed E-state index contributed by atoms with van der Waals surface area (Å²) in [5.74, 6) is 0.896. The van der Waals surface area contributed by atoms with Crippen molar-refractivity contribution in [3.8, 4) is 5.75 Å². The van der Waals surface area contributed by atoms with Crippen LogP contribution in [-0.2, 0) is 6.54 Å². The molecule has 0 aromatic heterocycles. The fourth-order valence-electron chi connectivity index (χ4n) is 2.58. The Morgan fingerprint density at radius 3 is 2.38 bits per heavy atom. The van der Waals surface area contributed by atoms with Gasteiger partial charge in [0.2, 0.25) is 0 Å². The highest BCUT2D eigenvalue weighted by Crippen LogP contribution is 2.26. The maximum atomic E-state index is 5.28. The molecule has 1 aromatic carbocycles. The number of benzene rings is 1. The van der Waals surface area contributed by atoms with E-state index in [1.165, 1.54) is 25.2 Å². The van der Waals surface area contributed by atoms with Crippen LogP contribution in [0.4, 0.5) is 0 Å². The Labute approximate surface area is 136 Å². The van der Waals surface area contributed by atoms with Crippen LogP contribution in [0.5, 0.6) is 5.75 Å². The molecule has 1 heterocycles. The number of ether oxygens (including phenoxy) is 1. The molecule has 0 bridgehead atoms. The average Bonchev–Trinajstić information content (AvgIpc) is 2.47. The topological polar surface area (TPSA) is 19.0 Å². The van der Waals surface area contributed by atoms with Gasteiger partial charge < -0.3 is 9.64 Å². The van der Waals surface area contributed by atoms with Crippen molar-refractivity contribution >= 4 is 15.9 Å². The van der Waals surface area contributed by atoms with Crippen LogP contribution in [0, 0.1) is 0 Å². The number of nitrogens with zero attached hydrogens (tertiary/aromatic N) is 3. The Morgan fingerprint density at radius 1 is 1.14 bits per heavy atom. The van der Waals surface area contributed by atoms with Crippen molar-refractivity contribution in [1.82, 2.24) is 14.7 Å². The zero-order valence-electron chi connectivity index (χ0n) is 13.3. The summed E-state index contributed by atoms with van der Waals surface area (Å²) in [6.07, 6.45) is 0. The molecule has 0 N–H and O–H groups in total. The van der Waals surface area contributed by atoms with E-state index in [1.54, 1.807) is 7.11 Å². The van der Waals surface area contributed by atoms with Crippen LogP contribution in [0.25, 0.3) is 0 Å². The van der Waals surface area contributed by atoms with Gasteiger partial charge in [0.1, 0.15) is 5.75 Å². The number of methoxy groups -OCH3 is 1.